The molecule has 2 rings (SSSR count). The second-order valence-electron chi connectivity index (χ2n) is 6.33. The van der Waals surface area contributed by atoms with E-state index in [-0.39, 0.29) is 18.2 Å². The predicted octanol–water partition coefficient (Wildman–Crippen LogP) is 2.71. The minimum absolute atomic E-state index is 0.0884. The van der Waals surface area contributed by atoms with Crippen LogP contribution in [-0.4, -0.2) is 36.9 Å². The van der Waals surface area contributed by atoms with E-state index in [0.29, 0.717) is 6.54 Å². The highest BCUT2D eigenvalue weighted by Crippen LogP contribution is 2.17. The molecule has 0 heterocycles. The third kappa shape index (κ3) is 5.09. The number of amides is 2. The molecule has 0 aliphatic carbocycles. The Balaban J connectivity index is 2.24. The highest BCUT2D eigenvalue weighted by Gasteiger charge is 2.25. The molecule has 2 aromatic rings. The SMILES string of the molecule is CNC(=O)C(C)N(Cc1cccc(OC)c1)C(=O)Cc1cccc(C)c1. The normalized spacial score (nSPS) is 11.5. The van der Waals surface area contributed by atoms with E-state index in [0.717, 1.165) is 22.4 Å². The molecule has 1 unspecified atom stereocenters. The fourth-order valence-electron chi connectivity index (χ4n) is 2.86. The molecule has 0 radical (unpaired) electrons. The molecule has 1 N–H and O–H groups in total. The first-order valence-corrected chi connectivity index (χ1v) is 8.64. The maximum atomic E-state index is 13.0. The van der Waals surface area contributed by atoms with Crippen LogP contribution in [0.15, 0.2) is 48.5 Å². The first kappa shape index (κ1) is 19.5. The summed E-state index contributed by atoms with van der Waals surface area (Å²) in [4.78, 5) is 26.7. The maximum Gasteiger partial charge on any atom is 0.242 e. The van der Waals surface area contributed by atoms with Crippen molar-refractivity contribution in [3.05, 3.63) is 65.2 Å². The first-order valence-electron chi connectivity index (χ1n) is 8.64. The Labute approximate surface area is 155 Å². The molecule has 0 aromatic heterocycles. The highest BCUT2D eigenvalue weighted by atomic mass is 16.5. The summed E-state index contributed by atoms with van der Waals surface area (Å²) in [6.45, 7) is 4.08. The lowest BCUT2D eigenvalue weighted by atomic mass is 10.1. The molecule has 0 aliphatic rings. The van der Waals surface area contributed by atoms with Gasteiger partial charge in [-0.15, -0.1) is 0 Å². The standard InChI is InChI=1S/C21H26N2O3/c1-15-7-5-8-17(11-15)13-20(24)23(16(2)21(25)22-3)14-18-9-6-10-19(12-18)26-4/h5-12,16H,13-14H2,1-4H3,(H,22,25). The largest absolute Gasteiger partial charge is 0.497 e. The Kier molecular flexibility index (Phi) is 6.78. The molecule has 2 amide bonds. The average molecular weight is 354 g/mol. The molecular formula is C21H26N2O3. The zero-order chi connectivity index (χ0) is 19.1. The summed E-state index contributed by atoms with van der Waals surface area (Å²) in [5.41, 5.74) is 2.96. The summed E-state index contributed by atoms with van der Waals surface area (Å²) < 4.78 is 5.25. The molecule has 0 fully saturated rings. The van der Waals surface area contributed by atoms with Crippen molar-refractivity contribution < 1.29 is 14.3 Å². The van der Waals surface area contributed by atoms with E-state index in [4.69, 9.17) is 4.74 Å². The minimum Gasteiger partial charge on any atom is -0.497 e. The molecule has 0 saturated heterocycles. The fraction of sp³-hybridized carbons (Fsp3) is 0.333. The molecule has 0 aliphatic heterocycles. The van der Waals surface area contributed by atoms with Gasteiger partial charge in [0.25, 0.3) is 0 Å². The smallest absolute Gasteiger partial charge is 0.242 e. The number of aryl methyl sites for hydroxylation is 1. The lowest BCUT2D eigenvalue weighted by molar-refractivity contribution is -0.139. The number of ether oxygens (including phenoxy) is 1. The van der Waals surface area contributed by atoms with E-state index in [1.807, 2.05) is 55.5 Å². The average Bonchev–Trinajstić information content (AvgIpc) is 2.65. The van der Waals surface area contributed by atoms with E-state index in [2.05, 4.69) is 5.32 Å². The Bertz CT molecular complexity index is 773. The predicted molar refractivity (Wildman–Crippen MR) is 102 cm³/mol. The van der Waals surface area contributed by atoms with Gasteiger partial charge in [-0.2, -0.15) is 0 Å². The van der Waals surface area contributed by atoms with E-state index in [1.54, 1.807) is 26.0 Å². The molecule has 26 heavy (non-hydrogen) atoms. The van der Waals surface area contributed by atoms with Crippen molar-refractivity contribution in [2.24, 2.45) is 0 Å². The summed E-state index contributed by atoms with van der Waals surface area (Å²) in [5.74, 6) is 0.446. The third-order valence-electron chi connectivity index (χ3n) is 4.34. The zero-order valence-corrected chi connectivity index (χ0v) is 15.8. The number of hydrogen-bond donors (Lipinski definition) is 1. The van der Waals surface area contributed by atoms with Gasteiger partial charge in [0.1, 0.15) is 11.8 Å². The van der Waals surface area contributed by atoms with Gasteiger partial charge in [-0.05, 0) is 37.1 Å². The van der Waals surface area contributed by atoms with Crippen molar-refractivity contribution in [2.75, 3.05) is 14.2 Å². The van der Waals surface area contributed by atoms with E-state index >= 15 is 0 Å². The number of nitrogens with zero attached hydrogens (tertiary/aromatic N) is 1. The fourth-order valence-corrected chi connectivity index (χ4v) is 2.86. The minimum atomic E-state index is -0.566. The van der Waals surface area contributed by atoms with Gasteiger partial charge < -0.3 is 15.0 Å². The van der Waals surface area contributed by atoms with Crippen LogP contribution in [0, 0.1) is 6.92 Å². The van der Waals surface area contributed by atoms with Crippen molar-refractivity contribution in [1.29, 1.82) is 0 Å². The van der Waals surface area contributed by atoms with Gasteiger partial charge in [0.2, 0.25) is 11.8 Å². The van der Waals surface area contributed by atoms with Gasteiger partial charge in [0.15, 0.2) is 0 Å². The van der Waals surface area contributed by atoms with E-state index in [9.17, 15) is 9.59 Å². The molecule has 5 heteroatoms. The van der Waals surface area contributed by atoms with Gasteiger partial charge in [0, 0.05) is 13.6 Å². The van der Waals surface area contributed by atoms with Crippen molar-refractivity contribution in [3.8, 4) is 5.75 Å². The van der Waals surface area contributed by atoms with Crippen LogP contribution in [0.4, 0.5) is 0 Å². The number of carbonyl (C=O) groups excluding carboxylic acids is 2. The second kappa shape index (κ2) is 9.04. The second-order valence-corrected chi connectivity index (χ2v) is 6.33. The number of rotatable bonds is 7. The van der Waals surface area contributed by atoms with Gasteiger partial charge in [-0.3, -0.25) is 9.59 Å². The third-order valence-corrected chi connectivity index (χ3v) is 4.34. The summed E-state index contributed by atoms with van der Waals surface area (Å²) in [5, 5.41) is 2.62. The van der Waals surface area contributed by atoms with Gasteiger partial charge in [0.05, 0.1) is 13.5 Å². The molecule has 5 nitrogen and oxygen atoms in total. The molecule has 1 atom stereocenters. The number of likely N-dealkylation sites (N-methyl/N-ethyl adjacent to an activating group) is 1. The number of carbonyl (C=O) groups is 2. The van der Waals surface area contributed by atoms with Crippen molar-refractivity contribution >= 4 is 11.8 Å². The topological polar surface area (TPSA) is 58.6 Å². The van der Waals surface area contributed by atoms with Crippen LogP contribution >= 0.6 is 0 Å². The van der Waals surface area contributed by atoms with E-state index < -0.39 is 6.04 Å². The number of hydrogen-bond acceptors (Lipinski definition) is 3. The Morgan fingerprint density at radius 1 is 1.12 bits per heavy atom. The first-order chi connectivity index (χ1) is 12.4. The van der Waals surface area contributed by atoms with Crippen LogP contribution < -0.4 is 10.1 Å². The molecule has 0 saturated carbocycles. The van der Waals surface area contributed by atoms with Crippen LogP contribution in [0.5, 0.6) is 5.75 Å². The van der Waals surface area contributed by atoms with Gasteiger partial charge >= 0.3 is 0 Å². The highest BCUT2D eigenvalue weighted by molar-refractivity contribution is 5.88. The number of benzene rings is 2. The summed E-state index contributed by atoms with van der Waals surface area (Å²) in [6.07, 6.45) is 0.257. The van der Waals surface area contributed by atoms with Gasteiger partial charge in [-0.1, -0.05) is 42.0 Å². The summed E-state index contributed by atoms with van der Waals surface area (Å²) in [7, 11) is 3.18. The lowest BCUT2D eigenvalue weighted by Gasteiger charge is -2.28. The van der Waals surface area contributed by atoms with Crippen molar-refractivity contribution in [1.82, 2.24) is 10.2 Å². The summed E-state index contributed by atoms with van der Waals surface area (Å²) >= 11 is 0. The van der Waals surface area contributed by atoms with Crippen LogP contribution in [0.1, 0.15) is 23.6 Å². The monoisotopic (exact) mass is 354 g/mol. The molecular weight excluding hydrogens is 328 g/mol. The van der Waals surface area contributed by atoms with Crippen LogP contribution in [-0.2, 0) is 22.6 Å². The maximum absolute atomic E-state index is 13.0. The molecule has 0 bridgehead atoms. The van der Waals surface area contributed by atoms with Crippen molar-refractivity contribution in [3.63, 3.8) is 0 Å². The Hall–Kier alpha value is -2.82. The Morgan fingerprint density at radius 2 is 1.81 bits per heavy atom. The molecule has 0 spiro atoms. The number of nitrogens with one attached hydrogen (secondary N) is 1. The molecule has 2 aromatic carbocycles. The quantitative estimate of drug-likeness (QED) is 0.832. The van der Waals surface area contributed by atoms with Crippen LogP contribution in [0.3, 0.4) is 0 Å². The number of methoxy groups -OCH3 is 1. The van der Waals surface area contributed by atoms with Crippen molar-refractivity contribution in [2.45, 2.75) is 32.9 Å². The lowest BCUT2D eigenvalue weighted by Crippen LogP contribution is -2.47. The molecule has 138 valence electrons. The Morgan fingerprint density at radius 3 is 2.46 bits per heavy atom. The van der Waals surface area contributed by atoms with Gasteiger partial charge in [-0.25, -0.2) is 0 Å². The van der Waals surface area contributed by atoms with E-state index in [1.165, 1.54) is 0 Å². The summed E-state index contributed by atoms with van der Waals surface area (Å²) in [6, 6.07) is 14.8. The van der Waals surface area contributed by atoms with Crippen LogP contribution in [0.2, 0.25) is 0 Å². The zero-order valence-electron chi connectivity index (χ0n) is 15.8. The van der Waals surface area contributed by atoms with Crippen LogP contribution in [0.25, 0.3) is 0 Å².